The van der Waals surface area contributed by atoms with Gasteiger partial charge in [-0.25, -0.2) is 5.84 Å². The number of furan rings is 1. The van der Waals surface area contributed by atoms with Crippen LogP contribution in [0.2, 0.25) is 0 Å². The van der Waals surface area contributed by atoms with Crippen molar-refractivity contribution in [3.05, 3.63) is 23.7 Å². The van der Waals surface area contributed by atoms with E-state index in [2.05, 4.69) is 10.2 Å². The van der Waals surface area contributed by atoms with Gasteiger partial charge in [-0.2, -0.15) is 0 Å². The summed E-state index contributed by atoms with van der Waals surface area (Å²) in [5.41, 5.74) is 2.04. The molecule has 0 aliphatic rings. The van der Waals surface area contributed by atoms with Crippen molar-refractivity contribution in [1.82, 2.24) is 15.6 Å². The van der Waals surface area contributed by atoms with E-state index in [0.29, 0.717) is 6.54 Å². The molecule has 0 atom stereocenters. The number of nitrogens with two attached hydrogens (primary N) is 1. The Morgan fingerprint density at radius 3 is 2.94 bits per heavy atom. The number of nitrogens with one attached hydrogen (secondary N) is 2. The topological polar surface area (TPSA) is 83.5 Å². The first-order chi connectivity index (χ1) is 8.17. The second-order valence-corrected chi connectivity index (χ2v) is 3.93. The molecule has 6 heteroatoms. The van der Waals surface area contributed by atoms with Crippen LogP contribution in [0.25, 0.3) is 0 Å². The molecule has 0 saturated carbocycles. The fourth-order valence-electron chi connectivity index (χ4n) is 1.53. The van der Waals surface area contributed by atoms with Gasteiger partial charge in [0.05, 0.1) is 6.54 Å². The average Bonchev–Trinajstić information content (AvgIpc) is 2.77. The molecule has 1 amide bonds. The van der Waals surface area contributed by atoms with E-state index in [9.17, 15) is 4.79 Å². The third-order valence-electron chi connectivity index (χ3n) is 2.41. The third-order valence-corrected chi connectivity index (χ3v) is 2.41. The van der Waals surface area contributed by atoms with Gasteiger partial charge >= 0.3 is 5.91 Å². The van der Waals surface area contributed by atoms with Crippen LogP contribution in [0, 0.1) is 0 Å². The van der Waals surface area contributed by atoms with Crippen molar-refractivity contribution in [1.29, 1.82) is 0 Å². The first-order valence-electron chi connectivity index (χ1n) is 5.60. The molecule has 0 fully saturated rings. The molecule has 0 radical (unpaired) electrons. The Hall–Kier alpha value is -1.37. The number of amides is 1. The fraction of sp³-hybridized carbons (Fsp3) is 0.545. The van der Waals surface area contributed by atoms with Gasteiger partial charge in [0.2, 0.25) is 0 Å². The summed E-state index contributed by atoms with van der Waals surface area (Å²) in [6.07, 6.45) is 1.07. The Morgan fingerprint density at radius 1 is 1.53 bits per heavy atom. The molecule has 0 spiro atoms. The summed E-state index contributed by atoms with van der Waals surface area (Å²) < 4.78 is 5.36. The van der Waals surface area contributed by atoms with E-state index in [-0.39, 0.29) is 5.76 Å². The van der Waals surface area contributed by atoms with Gasteiger partial charge in [-0.15, -0.1) is 0 Å². The van der Waals surface area contributed by atoms with Gasteiger partial charge in [0.1, 0.15) is 5.76 Å². The van der Waals surface area contributed by atoms with Crippen LogP contribution in [0.15, 0.2) is 16.5 Å². The molecular formula is C11H20N4O2. The van der Waals surface area contributed by atoms with E-state index < -0.39 is 5.91 Å². The highest BCUT2D eigenvalue weighted by atomic mass is 16.4. The minimum Gasteiger partial charge on any atom is -0.455 e. The number of nitrogens with zero attached hydrogens (tertiary/aromatic N) is 1. The second kappa shape index (κ2) is 7.05. The van der Waals surface area contributed by atoms with Crippen LogP contribution < -0.4 is 16.6 Å². The lowest BCUT2D eigenvalue weighted by Crippen LogP contribution is -2.29. The molecule has 1 rings (SSSR count). The van der Waals surface area contributed by atoms with Crippen molar-refractivity contribution in [3.8, 4) is 0 Å². The highest BCUT2D eigenvalue weighted by Gasteiger charge is 2.10. The zero-order chi connectivity index (χ0) is 12.7. The van der Waals surface area contributed by atoms with Crippen molar-refractivity contribution in [2.24, 2.45) is 5.84 Å². The van der Waals surface area contributed by atoms with Crippen LogP contribution in [0.4, 0.5) is 0 Å². The molecule has 1 heterocycles. The van der Waals surface area contributed by atoms with Gasteiger partial charge < -0.3 is 9.73 Å². The molecule has 0 aromatic carbocycles. The lowest BCUT2D eigenvalue weighted by Gasteiger charge is -2.14. The summed E-state index contributed by atoms with van der Waals surface area (Å²) in [6.45, 7) is 2.64. The SMILES string of the molecule is CNCCCN(C)Cc1ccc(C(=O)NN)o1. The van der Waals surface area contributed by atoms with Gasteiger partial charge in [-0.1, -0.05) is 0 Å². The first-order valence-corrected chi connectivity index (χ1v) is 5.60. The fourth-order valence-corrected chi connectivity index (χ4v) is 1.53. The van der Waals surface area contributed by atoms with Crippen LogP contribution in [-0.4, -0.2) is 38.0 Å². The van der Waals surface area contributed by atoms with E-state index in [1.807, 2.05) is 19.5 Å². The number of rotatable bonds is 7. The minimum atomic E-state index is -0.408. The van der Waals surface area contributed by atoms with Gasteiger partial charge in [0.25, 0.3) is 0 Å². The maximum atomic E-state index is 11.2. The van der Waals surface area contributed by atoms with Crippen LogP contribution in [0.3, 0.4) is 0 Å². The zero-order valence-electron chi connectivity index (χ0n) is 10.3. The number of hydrogen-bond donors (Lipinski definition) is 3. The van der Waals surface area contributed by atoms with Crippen LogP contribution in [0.5, 0.6) is 0 Å². The summed E-state index contributed by atoms with van der Waals surface area (Å²) in [7, 11) is 3.95. The number of carbonyl (C=O) groups excluding carboxylic acids is 1. The Labute approximate surface area is 101 Å². The Balaban J connectivity index is 2.40. The number of carbonyl (C=O) groups is 1. The maximum Gasteiger partial charge on any atom is 0.300 e. The van der Waals surface area contributed by atoms with Crippen molar-refractivity contribution < 1.29 is 9.21 Å². The van der Waals surface area contributed by atoms with Gasteiger partial charge in [0, 0.05) is 0 Å². The molecule has 1 aromatic heterocycles. The normalized spacial score (nSPS) is 10.8. The molecule has 0 aliphatic carbocycles. The quantitative estimate of drug-likeness (QED) is 0.269. The molecule has 1 aromatic rings. The van der Waals surface area contributed by atoms with E-state index in [4.69, 9.17) is 10.3 Å². The molecule has 0 unspecified atom stereocenters. The van der Waals surface area contributed by atoms with Crippen molar-refractivity contribution in [2.75, 3.05) is 27.2 Å². The molecule has 0 bridgehead atoms. The van der Waals surface area contributed by atoms with Gasteiger partial charge in [-0.05, 0) is 45.7 Å². The Bertz CT molecular complexity index is 351. The van der Waals surface area contributed by atoms with Crippen LogP contribution >= 0.6 is 0 Å². The summed E-state index contributed by atoms with van der Waals surface area (Å²) in [5, 5.41) is 3.10. The van der Waals surface area contributed by atoms with Crippen LogP contribution in [-0.2, 0) is 6.54 Å². The lowest BCUT2D eigenvalue weighted by atomic mass is 10.3. The highest BCUT2D eigenvalue weighted by molar-refractivity contribution is 5.90. The molecule has 17 heavy (non-hydrogen) atoms. The molecule has 96 valence electrons. The minimum absolute atomic E-state index is 0.242. The van der Waals surface area contributed by atoms with E-state index in [1.165, 1.54) is 0 Å². The molecule has 0 saturated heterocycles. The molecule has 4 N–H and O–H groups in total. The Kier molecular flexibility index (Phi) is 5.68. The van der Waals surface area contributed by atoms with Crippen LogP contribution in [0.1, 0.15) is 22.7 Å². The standard InChI is InChI=1S/C11H20N4O2/c1-13-6-3-7-15(2)8-9-4-5-10(17-9)11(16)14-12/h4-5,13H,3,6-8,12H2,1-2H3,(H,14,16). The zero-order valence-corrected chi connectivity index (χ0v) is 10.3. The van der Waals surface area contributed by atoms with E-state index in [0.717, 1.165) is 25.3 Å². The number of nitrogen functional groups attached to an aromatic ring is 1. The predicted molar refractivity (Wildman–Crippen MR) is 65.2 cm³/mol. The summed E-state index contributed by atoms with van der Waals surface area (Å²) in [4.78, 5) is 13.3. The van der Waals surface area contributed by atoms with Gasteiger partial charge in [-0.3, -0.25) is 15.1 Å². The number of hydrogen-bond acceptors (Lipinski definition) is 5. The summed E-state index contributed by atoms with van der Waals surface area (Å²) in [5.74, 6) is 5.61. The predicted octanol–water partition coefficient (Wildman–Crippen LogP) is -0.0756. The highest BCUT2D eigenvalue weighted by Crippen LogP contribution is 2.09. The third kappa shape index (κ3) is 4.56. The second-order valence-electron chi connectivity index (χ2n) is 3.93. The summed E-state index contributed by atoms with van der Waals surface area (Å²) >= 11 is 0. The summed E-state index contributed by atoms with van der Waals surface area (Å²) in [6, 6.07) is 3.41. The largest absolute Gasteiger partial charge is 0.455 e. The van der Waals surface area contributed by atoms with Crippen molar-refractivity contribution >= 4 is 5.91 Å². The Morgan fingerprint density at radius 2 is 2.29 bits per heavy atom. The smallest absolute Gasteiger partial charge is 0.300 e. The maximum absolute atomic E-state index is 11.2. The van der Waals surface area contributed by atoms with Crippen molar-refractivity contribution in [2.45, 2.75) is 13.0 Å². The van der Waals surface area contributed by atoms with Gasteiger partial charge in [0.15, 0.2) is 5.76 Å². The molecule has 0 aliphatic heterocycles. The van der Waals surface area contributed by atoms with Crippen molar-refractivity contribution in [3.63, 3.8) is 0 Å². The molecular weight excluding hydrogens is 220 g/mol. The van der Waals surface area contributed by atoms with E-state index in [1.54, 1.807) is 12.1 Å². The average molecular weight is 240 g/mol. The monoisotopic (exact) mass is 240 g/mol. The van der Waals surface area contributed by atoms with E-state index >= 15 is 0 Å². The molecule has 6 nitrogen and oxygen atoms in total. The first kappa shape index (κ1) is 13.7. The number of hydrazine groups is 1. The lowest BCUT2D eigenvalue weighted by molar-refractivity contribution is 0.0922.